The van der Waals surface area contributed by atoms with Crippen molar-refractivity contribution in [3.8, 4) is 0 Å². The van der Waals surface area contributed by atoms with Crippen molar-refractivity contribution in [2.24, 2.45) is 0 Å². The molecule has 0 saturated carbocycles. The lowest BCUT2D eigenvalue weighted by Crippen LogP contribution is -2.35. The van der Waals surface area contributed by atoms with Crippen LogP contribution < -0.4 is 10.6 Å². The largest absolute Gasteiger partial charge is 0.376 e. The van der Waals surface area contributed by atoms with E-state index in [4.69, 9.17) is 0 Å². The van der Waals surface area contributed by atoms with Gasteiger partial charge in [0.1, 0.15) is 0 Å². The van der Waals surface area contributed by atoms with Crippen LogP contribution in [0.1, 0.15) is 24.8 Å². The van der Waals surface area contributed by atoms with E-state index >= 15 is 0 Å². The van der Waals surface area contributed by atoms with E-state index < -0.39 is 10.0 Å². The molecule has 1 amide bonds. The van der Waals surface area contributed by atoms with E-state index in [2.05, 4.69) is 10.6 Å². The predicted octanol–water partition coefficient (Wildman–Crippen LogP) is 3.22. The molecule has 144 valence electrons. The predicted molar refractivity (Wildman–Crippen MR) is 107 cm³/mol. The van der Waals surface area contributed by atoms with Crippen LogP contribution in [-0.2, 0) is 14.8 Å². The number of nitrogens with one attached hydrogen (secondary N) is 2. The number of carbonyl (C=O) groups excluding carboxylic acids is 1. The summed E-state index contributed by atoms with van der Waals surface area (Å²) in [5.74, 6) is -0.192. The van der Waals surface area contributed by atoms with Crippen molar-refractivity contribution >= 4 is 27.3 Å². The standard InChI is InChI=1S/C20H25N3O3S/c1-16-8-10-17(11-9-16)22-20(24)15-21-18-6-5-7-19(14-18)27(25,26)23-12-3-2-4-13-23/h5-11,14,21H,2-4,12-13,15H2,1H3,(H,22,24). The topological polar surface area (TPSA) is 78.5 Å². The number of hydrogen-bond acceptors (Lipinski definition) is 4. The second-order valence-corrected chi connectivity index (χ2v) is 8.70. The Morgan fingerprint density at radius 3 is 2.41 bits per heavy atom. The number of carbonyl (C=O) groups is 1. The van der Waals surface area contributed by atoms with Gasteiger partial charge in [0.2, 0.25) is 15.9 Å². The molecule has 0 unspecified atom stereocenters. The highest BCUT2D eigenvalue weighted by atomic mass is 32.2. The summed E-state index contributed by atoms with van der Waals surface area (Å²) in [5, 5.41) is 5.80. The van der Waals surface area contributed by atoms with Gasteiger partial charge >= 0.3 is 0 Å². The Morgan fingerprint density at radius 2 is 1.70 bits per heavy atom. The first-order valence-corrected chi connectivity index (χ1v) is 10.6. The summed E-state index contributed by atoms with van der Waals surface area (Å²) in [6.45, 7) is 3.18. The number of nitrogens with zero attached hydrogens (tertiary/aromatic N) is 1. The van der Waals surface area contributed by atoms with Gasteiger partial charge in [-0.25, -0.2) is 8.42 Å². The van der Waals surface area contributed by atoms with Crippen LogP contribution in [0.2, 0.25) is 0 Å². The molecule has 1 fully saturated rings. The molecule has 1 heterocycles. The SMILES string of the molecule is Cc1ccc(NC(=O)CNc2cccc(S(=O)(=O)N3CCCCC3)c2)cc1. The van der Waals surface area contributed by atoms with E-state index in [1.807, 2.05) is 31.2 Å². The van der Waals surface area contributed by atoms with Gasteiger partial charge in [0.15, 0.2) is 0 Å². The fourth-order valence-electron chi connectivity index (χ4n) is 3.05. The Balaban J connectivity index is 1.61. The summed E-state index contributed by atoms with van der Waals surface area (Å²) in [6.07, 6.45) is 2.87. The van der Waals surface area contributed by atoms with Gasteiger partial charge in [-0.05, 0) is 50.1 Å². The number of rotatable bonds is 6. The minimum absolute atomic E-state index is 0.0566. The Labute approximate surface area is 160 Å². The number of hydrogen-bond donors (Lipinski definition) is 2. The molecule has 1 aliphatic heterocycles. The zero-order valence-corrected chi connectivity index (χ0v) is 16.3. The first-order valence-electron chi connectivity index (χ1n) is 9.16. The van der Waals surface area contributed by atoms with Crippen molar-refractivity contribution in [3.63, 3.8) is 0 Å². The second-order valence-electron chi connectivity index (χ2n) is 6.76. The highest BCUT2D eigenvalue weighted by Crippen LogP contribution is 2.22. The molecule has 7 heteroatoms. The molecule has 0 spiro atoms. The Morgan fingerprint density at radius 1 is 1.00 bits per heavy atom. The first-order chi connectivity index (χ1) is 12.9. The Kier molecular flexibility index (Phi) is 6.13. The summed E-state index contributed by atoms with van der Waals surface area (Å²) >= 11 is 0. The van der Waals surface area contributed by atoms with Crippen molar-refractivity contribution < 1.29 is 13.2 Å². The molecule has 0 bridgehead atoms. The van der Waals surface area contributed by atoms with Crippen molar-refractivity contribution in [1.29, 1.82) is 0 Å². The molecule has 0 radical (unpaired) electrons. The van der Waals surface area contributed by atoms with Crippen molar-refractivity contribution in [3.05, 3.63) is 54.1 Å². The van der Waals surface area contributed by atoms with Gasteiger partial charge in [-0.3, -0.25) is 4.79 Å². The highest BCUT2D eigenvalue weighted by Gasteiger charge is 2.25. The summed E-state index contributed by atoms with van der Waals surface area (Å²) < 4.78 is 27.1. The van der Waals surface area contributed by atoms with Crippen LogP contribution in [0.5, 0.6) is 0 Å². The molecule has 2 N–H and O–H groups in total. The molecule has 0 atom stereocenters. The van der Waals surface area contributed by atoms with E-state index in [0.717, 1.165) is 30.5 Å². The quantitative estimate of drug-likeness (QED) is 0.798. The molecule has 0 aliphatic carbocycles. The van der Waals surface area contributed by atoms with Crippen molar-refractivity contribution in [1.82, 2.24) is 4.31 Å². The van der Waals surface area contributed by atoms with Gasteiger partial charge < -0.3 is 10.6 Å². The first kappa shape index (κ1) is 19.4. The minimum atomic E-state index is -3.48. The maximum atomic E-state index is 12.8. The van der Waals surface area contributed by atoms with Crippen LogP contribution in [0.15, 0.2) is 53.4 Å². The maximum Gasteiger partial charge on any atom is 0.243 e. The molecule has 3 rings (SSSR count). The third-order valence-corrected chi connectivity index (χ3v) is 6.47. The van der Waals surface area contributed by atoms with Gasteiger partial charge in [-0.2, -0.15) is 4.31 Å². The maximum absolute atomic E-state index is 12.8. The lowest BCUT2D eigenvalue weighted by Gasteiger charge is -2.26. The highest BCUT2D eigenvalue weighted by molar-refractivity contribution is 7.89. The number of sulfonamides is 1. The van der Waals surface area contributed by atoms with Crippen LogP contribution >= 0.6 is 0 Å². The minimum Gasteiger partial charge on any atom is -0.376 e. The number of aryl methyl sites for hydroxylation is 1. The lowest BCUT2D eigenvalue weighted by molar-refractivity contribution is -0.114. The van der Waals surface area contributed by atoms with Gasteiger partial charge in [0, 0.05) is 24.5 Å². The fraction of sp³-hybridized carbons (Fsp3) is 0.350. The van der Waals surface area contributed by atoms with Crippen LogP contribution in [0, 0.1) is 6.92 Å². The normalized spacial score (nSPS) is 15.3. The summed E-state index contributed by atoms with van der Waals surface area (Å²) in [4.78, 5) is 12.4. The summed E-state index contributed by atoms with van der Waals surface area (Å²) in [7, 11) is -3.48. The lowest BCUT2D eigenvalue weighted by atomic mass is 10.2. The molecular formula is C20H25N3O3S. The zero-order valence-electron chi connectivity index (χ0n) is 15.4. The molecule has 6 nitrogen and oxygen atoms in total. The Bertz CT molecular complexity index is 889. The smallest absolute Gasteiger partial charge is 0.243 e. The fourth-order valence-corrected chi connectivity index (χ4v) is 4.61. The van der Waals surface area contributed by atoms with Crippen LogP contribution in [0.4, 0.5) is 11.4 Å². The number of benzene rings is 2. The van der Waals surface area contributed by atoms with E-state index in [1.165, 1.54) is 0 Å². The monoisotopic (exact) mass is 387 g/mol. The van der Waals surface area contributed by atoms with E-state index in [9.17, 15) is 13.2 Å². The van der Waals surface area contributed by atoms with Crippen molar-refractivity contribution in [2.45, 2.75) is 31.1 Å². The molecular weight excluding hydrogens is 362 g/mol. The van der Waals surface area contributed by atoms with Crippen molar-refractivity contribution in [2.75, 3.05) is 30.3 Å². The molecule has 2 aromatic carbocycles. The van der Waals surface area contributed by atoms with Gasteiger partial charge in [-0.15, -0.1) is 0 Å². The van der Waals surface area contributed by atoms with Gasteiger partial charge in [-0.1, -0.05) is 30.2 Å². The van der Waals surface area contributed by atoms with E-state index in [0.29, 0.717) is 18.8 Å². The van der Waals surface area contributed by atoms with E-state index in [-0.39, 0.29) is 17.3 Å². The zero-order chi connectivity index (χ0) is 19.3. The third-order valence-electron chi connectivity index (χ3n) is 4.58. The molecule has 27 heavy (non-hydrogen) atoms. The Hall–Kier alpha value is -2.38. The average Bonchev–Trinajstić information content (AvgIpc) is 2.69. The van der Waals surface area contributed by atoms with Crippen LogP contribution in [0.25, 0.3) is 0 Å². The van der Waals surface area contributed by atoms with Gasteiger partial charge in [0.25, 0.3) is 0 Å². The molecule has 1 aliphatic rings. The van der Waals surface area contributed by atoms with E-state index in [1.54, 1.807) is 28.6 Å². The van der Waals surface area contributed by atoms with Crippen LogP contribution in [-0.4, -0.2) is 38.3 Å². The third kappa shape index (κ3) is 5.08. The molecule has 2 aromatic rings. The second kappa shape index (κ2) is 8.54. The molecule has 1 saturated heterocycles. The average molecular weight is 388 g/mol. The van der Waals surface area contributed by atoms with Crippen LogP contribution in [0.3, 0.4) is 0 Å². The number of piperidine rings is 1. The summed E-state index contributed by atoms with van der Waals surface area (Å²) in [5.41, 5.74) is 2.46. The summed E-state index contributed by atoms with van der Waals surface area (Å²) in [6, 6.07) is 14.2. The van der Waals surface area contributed by atoms with Gasteiger partial charge in [0.05, 0.1) is 11.4 Å². The number of anilines is 2. The molecule has 0 aromatic heterocycles. The number of amides is 1.